The Morgan fingerprint density at radius 1 is 0.750 bits per heavy atom. The number of carbonyl (C=O) groups is 1. The third kappa shape index (κ3) is 11.0. The second-order valence-electron chi connectivity index (χ2n) is 8.27. The van der Waals surface area contributed by atoms with Crippen molar-refractivity contribution in [2.45, 2.75) is 121 Å². The van der Waals surface area contributed by atoms with Crippen LogP contribution >= 0.6 is 0 Å². The molecular weight excluding hydrogens is 352 g/mol. The van der Waals surface area contributed by atoms with Gasteiger partial charge in [-0.1, -0.05) is 69.8 Å². The zero-order valence-electron chi connectivity index (χ0n) is 17.7. The predicted molar refractivity (Wildman–Crippen MR) is 114 cm³/mol. The average molecular weight is 393 g/mol. The average Bonchev–Trinajstić information content (AvgIpc) is 3.58. The molecule has 4 atom stereocenters. The van der Waals surface area contributed by atoms with Crippen molar-refractivity contribution in [3.8, 4) is 0 Å². The molecule has 2 aliphatic rings. The number of unbranched alkanes of at least 4 members (excludes halogenated alkanes) is 7. The summed E-state index contributed by atoms with van der Waals surface area (Å²) in [4.78, 5) is 10.5. The first-order valence-electron chi connectivity index (χ1n) is 11.5. The van der Waals surface area contributed by atoms with Crippen molar-refractivity contribution in [3.63, 3.8) is 0 Å². The maximum Gasteiger partial charge on any atom is 0.303 e. The highest BCUT2D eigenvalue weighted by Gasteiger charge is 2.37. The lowest BCUT2D eigenvalue weighted by Crippen LogP contribution is -1.98. The van der Waals surface area contributed by atoms with E-state index in [2.05, 4.69) is 31.2 Å². The van der Waals surface area contributed by atoms with Crippen molar-refractivity contribution in [1.82, 2.24) is 0 Å². The van der Waals surface area contributed by atoms with Crippen LogP contribution in [0.3, 0.4) is 0 Å². The molecule has 0 aromatic rings. The molecule has 0 aliphatic carbocycles. The van der Waals surface area contributed by atoms with Gasteiger partial charge in [0.05, 0.1) is 24.4 Å². The summed E-state index contributed by atoms with van der Waals surface area (Å²) in [6.45, 7) is 2.27. The first kappa shape index (κ1) is 23.2. The molecule has 0 aromatic heterocycles. The molecule has 28 heavy (non-hydrogen) atoms. The van der Waals surface area contributed by atoms with E-state index < -0.39 is 5.97 Å². The molecule has 4 heteroatoms. The van der Waals surface area contributed by atoms with Crippen LogP contribution in [0.5, 0.6) is 0 Å². The van der Waals surface area contributed by atoms with E-state index >= 15 is 0 Å². The van der Waals surface area contributed by atoms with Crippen molar-refractivity contribution in [1.29, 1.82) is 0 Å². The monoisotopic (exact) mass is 392 g/mol. The number of carboxylic acids is 1. The number of ether oxygens (including phenoxy) is 2. The lowest BCUT2D eigenvalue weighted by Gasteiger charge is -1.98. The molecule has 4 nitrogen and oxygen atoms in total. The minimum atomic E-state index is -0.719. The smallest absolute Gasteiger partial charge is 0.303 e. The van der Waals surface area contributed by atoms with E-state index in [0.717, 1.165) is 25.7 Å². The van der Waals surface area contributed by atoms with E-state index in [9.17, 15) is 4.79 Å². The minimum Gasteiger partial charge on any atom is -0.481 e. The van der Waals surface area contributed by atoms with Crippen LogP contribution in [-0.4, -0.2) is 35.5 Å². The maximum absolute atomic E-state index is 10.5. The van der Waals surface area contributed by atoms with Crippen molar-refractivity contribution < 1.29 is 19.4 Å². The van der Waals surface area contributed by atoms with Gasteiger partial charge in [0, 0.05) is 6.42 Å². The standard InChI is InChI=1S/C24H40O4/c1-2-3-4-5-6-7-8-9-10-11-15-20-21(27-20)16-12-13-17-22-23(28-22)18-14-19-24(25)26/h10-13,20-23H,2-9,14-19H2,1H3,(H,25,26). The normalized spacial score (nSPS) is 26.3. The van der Waals surface area contributed by atoms with E-state index in [1.165, 1.54) is 51.4 Å². The number of aliphatic carboxylic acids is 1. The molecule has 2 fully saturated rings. The molecule has 2 rings (SSSR count). The van der Waals surface area contributed by atoms with Crippen LogP contribution in [0.2, 0.25) is 0 Å². The van der Waals surface area contributed by atoms with E-state index in [-0.39, 0.29) is 12.5 Å². The third-order valence-electron chi connectivity index (χ3n) is 5.67. The molecule has 0 radical (unpaired) electrons. The third-order valence-corrected chi connectivity index (χ3v) is 5.67. The number of hydrogen-bond acceptors (Lipinski definition) is 3. The van der Waals surface area contributed by atoms with Crippen LogP contribution in [0.4, 0.5) is 0 Å². The van der Waals surface area contributed by atoms with E-state index in [1.807, 2.05) is 0 Å². The van der Waals surface area contributed by atoms with Gasteiger partial charge in [-0.2, -0.15) is 0 Å². The largest absolute Gasteiger partial charge is 0.481 e. The zero-order chi connectivity index (χ0) is 20.0. The maximum atomic E-state index is 10.5. The molecule has 1 N–H and O–H groups in total. The Morgan fingerprint density at radius 3 is 1.93 bits per heavy atom. The van der Waals surface area contributed by atoms with Gasteiger partial charge >= 0.3 is 5.97 Å². The molecule has 160 valence electrons. The van der Waals surface area contributed by atoms with Crippen LogP contribution < -0.4 is 0 Å². The van der Waals surface area contributed by atoms with Gasteiger partial charge in [0.1, 0.15) is 0 Å². The Labute approximate surface area is 171 Å². The quantitative estimate of drug-likeness (QED) is 0.171. The van der Waals surface area contributed by atoms with Crippen molar-refractivity contribution >= 4 is 5.97 Å². The number of rotatable bonds is 18. The molecule has 0 saturated carbocycles. The first-order chi connectivity index (χ1) is 13.7. The van der Waals surface area contributed by atoms with Crippen LogP contribution in [-0.2, 0) is 14.3 Å². The second-order valence-corrected chi connectivity index (χ2v) is 8.27. The Balaban J connectivity index is 1.36. The van der Waals surface area contributed by atoms with Crippen LogP contribution in [0.1, 0.15) is 96.8 Å². The van der Waals surface area contributed by atoms with Gasteiger partial charge in [-0.3, -0.25) is 4.79 Å². The first-order valence-corrected chi connectivity index (χ1v) is 11.5. The van der Waals surface area contributed by atoms with Gasteiger partial charge in [-0.25, -0.2) is 0 Å². The summed E-state index contributed by atoms with van der Waals surface area (Å²) < 4.78 is 11.3. The Bertz CT molecular complexity index is 485. The van der Waals surface area contributed by atoms with Gasteiger partial charge in [-0.05, 0) is 44.9 Å². The molecule has 0 aromatic carbocycles. The highest BCUT2D eigenvalue weighted by molar-refractivity contribution is 5.66. The summed E-state index contributed by atoms with van der Waals surface area (Å²) in [5, 5.41) is 8.63. The number of allylic oxidation sites excluding steroid dienone is 1. The summed E-state index contributed by atoms with van der Waals surface area (Å²) in [7, 11) is 0. The van der Waals surface area contributed by atoms with Gasteiger partial charge in [-0.15, -0.1) is 0 Å². The summed E-state index contributed by atoms with van der Waals surface area (Å²) >= 11 is 0. The van der Waals surface area contributed by atoms with Gasteiger partial charge in [0.25, 0.3) is 0 Å². The summed E-state index contributed by atoms with van der Waals surface area (Å²) in [5.41, 5.74) is 0. The second kappa shape index (κ2) is 13.9. The van der Waals surface area contributed by atoms with Crippen LogP contribution in [0.15, 0.2) is 24.3 Å². The molecule has 4 unspecified atom stereocenters. The van der Waals surface area contributed by atoms with E-state index in [0.29, 0.717) is 24.7 Å². The summed E-state index contributed by atoms with van der Waals surface area (Å²) in [6.07, 6.45) is 26.0. The molecule has 0 spiro atoms. The van der Waals surface area contributed by atoms with Crippen LogP contribution in [0.25, 0.3) is 0 Å². The number of hydrogen-bond donors (Lipinski definition) is 1. The lowest BCUT2D eigenvalue weighted by molar-refractivity contribution is -0.137. The fraction of sp³-hybridized carbons (Fsp3) is 0.792. The molecule has 2 saturated heterocycles. The van der Waals surface area contributed by atoms with E-state index in [4.69, 9.17) is 14.6 Å². The molecule has 2 heterocycles. The Morgan fingerprint density at radius 2 is 1.29 bits per heavy atom. The summed E-state index contributed by atoms with van der Waals surface area (Å²) in [5.74, 6) is -0.719. The van der Waals surface area contributed by atoms with Gasteiger partial charge in [0.2, 0.25) is 0 Å². The fourth-order valence-electron chi connectivity index (χ4n) is 3.72. The Kier molecular flexibility index (Phi) is 11.5. The predicted octanol–water partition coefficient (Wildman–Crippen LogP) is 6.20. The van der Waals surface area contributed by atoms with Crippen LogP contribution in [0, 0.1) is 0 Å². The summed E-state index contributed by atoms with van der Waals surface area (Å²) in [6, 6.07) is 0. The molecule has 0 bridgehead atoms. The molecule has 2 aliphatic heterocycles. The van der Waals surface area contributed by atoms with Gasteiger partial charge < -0.3 is 14.6 Å². The SMILES string of the molecule is CCCCCCCCCC=CCC1OC1CC=CCC1OC1CCCC(=O)O. The lowest BCUT2D eigenvalue weighted by atomic mass is 10.1. The van der Waals surface area contributed by atoms with Crippen molar-refractivity contribution in [3.05, 3.63) is 24.3 Å². The number of epoxide rings is 2. The highest BCUT2D eigenvalue weighted by Crippen LogP contribution is 2.31. The molecule has 0 amide bonds. The molecular formula is C24H40O4. The highest BCUT2D eigenvalue weighted by atomic mass is 16.6. The Hall–Kier alpha value is -1.13. The minimum absolute atomic E-state index is 0.246. The van der Waals surface area contributed by atoms with E-state index in [1.54, 1.807) is 0 Å². The van der Waals surface area contributed by atoms with Crippen molar-refractivity contribution in [2.75, 3.05) is 0 Å². The number of carboxylic acid groups (broad SMARTS) is 1. The van der Waals surface area contributed by atoms with Gasteiger partial charge in [0.15, 0.2) is 0 Å². The zero-order valence-corrected chi connectivity index (χ0v) is 17.7. The fourth-order valence-corrected chi connectivity index (χ4v) is 3.72. The van der Waals surface area contributed by atoms with Crippen molar-refractivity contribution in [2.24, 2.45) is 0 Å². The topological polar surface area (TPSA) is 62.4 Å².